The topological polar surface area (TPSA) is 80.3 Å². The molecule has 1 aromatic heterocycles. The number of aromatic nitrogens is 1. The van der Waals surface area contributed by atoms with Gasteiger partial charge in [-0.05, 0) is 68.5 Å². The first-order valence-corrected chi connectivity index (χ1v) is 12.6. The van der Waals surface area contributed by atoms with Gasteiger partial charge in [-0.3, -0.25) is 9.59 Å². The first kappa shape index (κ1) is 24.0. The summed E-state index contributed by atoms with van der Waals surface area (Å²) in [6.45, 7) is 6.32. The maximum absolute atomic E-state index is 12.9. The van der Waals surface area contributed by atoms with Crippen LogP contribution in [0.15, 0.2) is 47.8 Å². The van der Waals surface area contributed by atoms with Gasteiger partial charge >= 0.3 is 0 Å². The largest absolute Gasteiger partial charge is 0.486 e. The molecular formula is C27H31N3O3S. The number of amides is 2. The number of hydrogen-bond donors (Lipinski definition) is 2. The highest BCUT2D eigenvalue weighted by Crippen LogP contribution is 2.22. The molecule has 2 atom stereocenters. The zero-order valence-corrected chi connectivity index (χ0v) is 20.7. The molecule has 34 heavy (non-hydrogen) atoms. The van der Waals surface area contributed by atoms with Crippen LogP contribution in [0.4, 0.5) is 0 Å². The van der Waals surface area contributed by atoms with Crippen LogP contribution >= 0.6 is 11.3 Å². The van der Waals surface area contributed by atoms with E-state index in [-0.39, 0.29) is 23.9 Å². The Balaban J connectivity index is 1.36. The first-order chi connectivity index (χ1) is 16.4. The Morgan fingerprint density at radius 3 is 2.29 bits per heavy atom. The minimum Gasteiger partial charge on any atom is -0.486 e. The van der Waals surface area contributed by atoms with Crippen molar-refractivity contribution in [2.24, 2.45) is 0 Å². The number of carbonyl (C=O) groups is 2. The Hall–Kier alpha value is -3.19. The quantitative estimate of drug-likeness (QED) is 0.495. The van der Waals surface area contributed by atoms with E-state index in [1.165, 1.54) is 11.3 Å². The monoisotopic (exact) mass is 477 g/mol. The Morgan fingerprint density at radius 1 is 0.971 bits per heavy atom. The first-order valence-electron chi connectivity index (χ1n) is 11.7. The average Bonchev–Trinajstić information content (AvgIpc) is 3.28. The lowest BCUT2D eigenvalue weighted by atomic mass is 9.89. The van der Waals surface area contributed by atoms with Crippen molar-refractivity contribution < 1.29 is 14.3 Å². The highest BCUT2D eigenvalue weighted by molar-refractivity contribution is 7.09. The molecule has 1 saturated carbocycles. The fraction of sp³-hybridized carbons (Fsp3) is 0.370. The Morgan fingerprint density at radius 2 is 1.62 bits per heavy atom. The summed E-state index contributed by atoms with van der Waals surface area (Å²) in [6, 6.07) is 13.4. The van der Waals surface area contributed by atoms with Gasteiger partial charge in [-0.1, -0.05) is 37.1 Å². The average molecular weight is 478 g/mol. The molecule has 2 N–H and O–H groups in total. The van der Waals surface area contributed by atoms with Crippen molar-refractivity contribution in [3.05, 3.63) is 80.8 Å². The zero-order chi connectivity index (χ0) is 24.1. The number of benzene rings is 2. The summed E-state index contributed by atoms with van der Waals surface area (Å²) < 4.78 is 5.88. The van der Waals surface area contributed by atoms with Gasteiger partial charge in [0.25, 0.3) is 11.8 Å². The van der Waals surface area contributed by atoms with E-state index in [0.29, 0.717) is 17.9 Å². The van der Waals surface area contributed by atoms with Crippen LogP contribution in [0.5, 0.6) is 5.75 Å². The Labute approximate surface area is 204 Å². The van der Waals surface area contributed by atoms with E-state index in [9.17, 15) is 9.59 Å². The summed E-state index contributed by atoms with van der Waals surface area (Å²) in [5, 5.41) is 8.76. The predicted molar refractivity (Wildman–Crippen MR) is 135 cm³/mol. The van der Waals surface area contributed by atoms with E-state index < -0.39 is 0 Å². The third-order valence-corrected chi connectivity index (χ3v) is 6.95. The summed E-state index contributed by atoms with van der Waals surface area (Å²) in [5.41, 5.74) is 4.29. The summed E-state index contributed by atoms with van der Waals surface area (Å²) in [5.74, 6) is 0.493. The van der Waals surface area contributed by atoms with Crippen molar-refractivity contribution in [2.75, 3.05) is 0 Å². The van der Waals surface area contributed by atoms with Gasteiger partial charge in [-0.2, -0.15) is 0 Å². The smallest absolute Gasteiger partial charge is 0.271 e. The Bertz CT molecular complexity index is 1150. The second-order valence-electron chi connectivity index (χ2n) is 9.00. The van der Waals surface area contributed by atoms with E-state index in [1.54, 1.807) is 5.38 Å². The van der Waals surface area contributed by atoms with E-state index in [4.69, 9.17) is 4.74 Å². The Kier molecular flexibility index (Phi) is 7.63. The number of ether oxygens (including phenoxy) is 1. The minimum atomic E-state index is -0.212. The molecule has 0 saturated heterocycles. The maximum atomic E-state index is 12.9. The van der Waals surface area contributed by atoms with Gasteiger partial charge in [-0.15, -0.1) is 11.3 Å². The molecule has 1 heterocycles. The van der Waals surface area contributed by atoms with Crippen LogP contribution in [0.3, 0.4) is 0 Å². The lowest BCUT2D eigenvalue weighted by Gasteiger charge is -2.32. The summed E-state index contributed by atoms with van der Waals surface area (Å²) >= 11 is 1.41. The molecule has 4 rings (SSSR count). The van der Waals surface area contributed by atoms with Crippen LogP contribution in [0, 0.1) is 20.8 Å². The molecule has 0 radical (unpaired) electrons. The third-order valence-electron chi connectivity index (χ3n) is 6.13. The number of nitrogens with zero attached hydrogens (tertiary/aromatic N) is 1. The lowest BCUT2D eigenvalue weighted by molar-refractivity contribution is 0.0860. The zero-order valence-electron chi connectivity index (χ0n) is 19.9. The molecule has 1 aliphatic carbocycles. The van der Waals surface area contributed by atoms with E-state index in [2.05, 4.69) is 21.7 Å². The summed E-state index contributed by atoms with van der Waals surface area (Å²) in [7, 11) is 0. The minimum absolute atomic E-state index is 0.0938. The molecule has 2 amide bonds. The van der Waals surface area contributed by atoms with Gasteiger partial charge < -0.3 is 15.4 Å². The van der Waals surface area contributed by atoms with Gasteiger partial charge in [0.15, 0.2) is 0 Å². The number of carbonyl (C=O) groups excluding carboxylic acids is 2. The number of aryl methyl sites for hydroxylation is 3. The van der Waals surface area contributed by atoms with Crippen LogP contribution < -0.4 is 15.4 Å². The van der Waals surface area contributed by atoms with Crippen molar-refractivity contribution in [1.82, 2.24) is 15.6 Å². The molecule has 2 aromatic carbocycles. The molecule has 1 aliphatic rings. The molecule has 3 aromatic rings. The predicted octanol–water partition coefficient (Wildman–Crippen LogP) is 5.12. The summed E-state index contributed by atoms with van der Waals surface area (Å²) in [4.78, 5) is 30.2. The normalized spacial score (nSPS) is 17.7. The van der Waals surface area contributed by atoms with Crippen molar-refractivity contribution >= 4 is 23.2 Å². The fourth-order valence-corrected chi connectivity index (χ4v) is 5.12. The number of nitrogens with one attached hydrogen (secondary N) is 2. The van der Waals surface area contributed by atoms with Crippen molar-refractivity contribution in [3.63, 3.8) is 0 Å². The van der Waals surface area contributed by atoms with Crippen molar-refractivity contribution in [1.29, 1.82) is 0 Å². The summed E-state index contributed by atoms with van der Waals surface area (Å²) in [6.07, 6.45) is 3.72. The number of rotatable bonds is 7. The molecule has 6 nitrogen and oxygen atoms in total. The standard InChI is InChI=1S/C27H31N3O3S/c1-17-12-18(2)14-20(13-17)33-15-25-28-24(16-34-25)27(32)30-23-11-7-6-10-22(23)29-26(31)21-9-5-4-8-19(21)3/h4-5,8-9,12-14,16,22-23H,6-7,10-11,15H2,1-3H3,(H,29,31)(H,30,32)/t22-,23-/m0/s1. The van der Waals surface area contributed by atoms with Crippen LogP contribution in [0.2, 0.25) is 0 Å². The molecule has 0 unspecified atom stereocenters. The molecule has 1 fully saturated rings. The number of hydrogen-bond acceptors (Lipinski definition) is 5. The van der Waals surface area contributed by atoms with Crippen molar-refractivity contribution in [3.8, 4) is 5.75 Å². The molecule has 0 bridgehead atoms. The van der Waals surface area contributed by atoms with Crippen LogP contribution in [0.1, 0.15) is 68.2 Å². The van der Waals surface area contributed by atoms with Crippen molar-refractivity contribution in [2.45, 2.75) is 65.1 Å². The van der Waals surface area contributed by atoms with Gasteiger partial charge in [0.2, 0.25) is 0 Å². The highest BCUT2D eigenvalue weighted by atomic mass is 32.1. The molecule has 178 valence electrons. The number of thiazole rings is 1. The van der Waals surface area contributed by atoms with Gasteiger partial charge in [0, 0.05) is 23.0 Å². The van der Waals surface area contributed by atoms with E-state index >= 15 is 0 Å². The van der Waals surface area contributed by atoms with Gasteiger partial charge in [-0.25, -0.2) is 4.98 Å². The highest BCUT2D eigenvalue weighted by Gasteiger charge is 2.29. The van der Waals surface area contributed by atoms with E-state index in [0.717, 1.165) is 53.1 Å². The van der Waals surface area contributed by atoms with Gasteiger partial charge in [0.05, 0.1) is 0 Å². The molecular weight excluding hydrogens is 446 g/mol. The van der Waals surface area contributed by atoms with Crippen LogP contribution in [0.25, 0.3) is 0 Å². The van der Waals surface area contributed by atoms with E-state index in [1.807, 2.05) is 57.2 Å². The molecule has 0 aliphatic heterocycles. The third kappa shape index (κ3) is 6.03. The maximum Gasteiger partial charge on any atom is 0.271 e. The lowest BCUT2D eigenvalue weighted by Crippen LogP contribution is -2.53. The molecule has 0 spiro atoms. The van der Waals surface area contributed by atoms with Crippen LogP contribution in [-0.4, -0.2) is 28.9 Å². The van der Waals surface area contributed by atoms with Gasteiger partial charge in [0.1, 0.15) is 23.1 Å². The SMILES string of the molecule is Cc1cc(C)cc(OCc2nc(C(=O)N[C@H]3CCCC[C@@H]3NC(=O)c3ccccc3C)cs2)c1. The second kappa shape index (κ2) is 10.8. The molecule has 7 heteroatoms. The fourth-order valence-electron chi connectivity index (χ4n) is 4.44. The van der Waals surface area contributed by atoms with Crippen LogP contribution in [-0.2, 0) is 6.61 Å². The second-order valence-corrected chi connectivity index (χ2v) is 9.94.